The van der Waals surface area contributed by atoms with Crippen molar-refractivity contribution in [3.8, 4) is 17.6 Å². The van der Waals surface area contributed by atoms with Gasteiger partial charge in [-0.25, -0.2) is 0 Å². The molecule has 0 spiro atoms. The number of fused-ring (bicyclic) bond motifs is 1. The zero-order valence-electron chi connectivity index (χ0n) is 9.19. The summed E-state index contributed by atoms with van der Waals surface area (Å²) in [6.45, 7) is 2.34. The quantitative estimate of drug-likeness (QED) is 0.728. The molecule has 1 aliphatic rings. The lowest BCUT2D eigenvalue weighted by Gasteiger charge is -2.03. The molecule has 1 heterocycles. The van der Waals surface area contributed by atoms with Crippen molar-refractivity contribution in [1.82, 2.24) is 0 Å². The van der Waals surface area contributed by atoms with Crippen LogP contribution in [-0.4, -0.2) is 6.79 Å². The molecule has 0 saturated heterocycles. The van der Waals surface area contributed by atoms with E-state index >= 15 is 0 Å². The molecule has 0 N–H and O–H groups in total. The molecule has 0 bridgehead atoms. The molecule has 16 heavy (non-hydrogen) atoms. The van der Waals surface area contributed by atoms with Crippen LogP contribution in [0.4, 0.5) is 0 Å². The van der Waals surface area contributed by atoms with Crippen molar-refractivity contribution in [1.29, 1.82) is 5.26 Å². The maximum Gasteiger partial charge on any atom is 0.231 e. The summed E-state index contributed by atoms with van der Waals surface area (Å²) in [4.78, 5) is 0. The summed E-state index contributed by atoms with van der Waals surface area (Å²) in [6.07, 6.45) is 3.26. The van der Waals surface area contributed by atoms with Gasteiger partial charge in [0, 0.05) is 0 Å². The molecule has 0 saturated carbocycles. The van der Waals surface area contributed by atoms with Crippen LogP contribution in [-0.2, 0) is 6.42 Å². The molecule has 0 radical (unpaired) electrons. The number of rotatable bonds is 3. The third-order valence-corrected chi connectivity index (χ3v) is 2.46. The van der Waals surface area contributed by atoms with E-state index in [1.807, 2.05) is 31.2 Å². The minimum absolute atomic E-state index is 0.308. The Hall–Kier alpha value is -1.95. The second-order valence-electron chi connectivity index (χ2n) is 3.78. The van der Waals surface area contributed by atoms with Crippen LogP contribution in [0.1, 0.15) is 18.9 Å². The van der Waals surface area contributed by atoms with Crippen LogP contribution in [0.25, 0.3) is 0 Å². The normalized spacial score (nSPS) is 13.6. The van der Waals surface area contributed by atoms with Crippen LogP contribution in [0.2, 0.25) is 0 Å². The van der Waals surface area contributed by atoms with Crippen LogP contribution in [0.15, 0.2) is 29.8 Å². The molecule has 0 amide bonds. The molecule has 0 unspecified atom stereocenters. The van der Waals surface area contributed by atoms with Crippen molar-refractivity contribution >= 4 is 0 Å². The lowest BCUT2D eigenvalue weighted by Crippen LogP contribution is -1.93. The molecular weight excluding hydrogens is 202 g/mol. The second kappa shape index (κ2) is 4.71. The summed E-state index contributed by atoms with van der Waals surface area (Å²) in [5.74, 6) is 1.62. The summed E-state index contributed by atoms with van der Waals surface area (Å²) in [7, 11) is 0. The second-order valence-corrected chi connectivity index (χ2v) is 3.78. The topological polar surface area (TPSA) is 42.2 Å². The predicted molar refractivity (Wildman–Crippen MR) is 60.3 cm³/mol. The van der Waals surface area contributed by atoms with E-state index in [4.69, 9.17) is 14.7 Å². The smallest absolute Gasteiger partial charge is 0.231 e. The SMILES string of the molecule is CC(=CCC#N)Cc1ccc2c(c1)OCO2. The first-order valence-electron chi connectivity index (χ1n) is 5.20. The number of allylic oxidation sites excluding steroid dienone is 2. The number of nitriles is 1. The Morgan fingerprint density at radius 3 is 3.06 bits per heavy atom. The monoisotopic (exact) mass is 215 g/mol. The lowest BCUT2D eigenvalue weighted by molar-refractivity contribution is 0.174. The third-order valence-electron chi connectivity index (χ3n) is 2.46. The van der Waals surface area contributed by atoms with Crippen molar-refractivity contribution in [3.05, 3.63) is 35.4 Å². The van der Waals surface area contributed by atoms with E-state index in [0.29, 0.717) is 13.2 Å². The van der Waals surface area contributed by atoms with Crippen LogP contribution in [0.5, 0.6) is 11.5 Å². The van der Waals surface area contributed by atoms with Gasteiger partial charge >= 0.3 is 0 Å². The molecule has 0 aliphatic carbocycles. The van der Waals surface area contributed by atoms with Crippen molar-refractivity contribution in [2.75, 3.05) is 6.79 Å². The Morgan fingerprint density at radius 1 is 1.44 bits per heavy atom. The van der Waals surface area contributed by atoms with E-state index < -0.39 is 0 Å². The summed E-state index contributed by atoms with van der Waals surface area (Å²) in [5.41, 5.74) is 2.37. The number of ether oxygens (including phenoxy) is 2. The first kappa shape index (κ1) is 10.6. The Bertz CT molecular complexity index is 457. The Kier molecular flexibility index (Phi) is 3.11. The summed E-state index contributed by atoms with van der Waals surface area (Å²) in [6, 6.07) is 8.05. The molecule has 82 valence electrons. The van der Waals surface area contributed by atoms with Gasteiger partial charge in [0.2, 0.25) is 6.79 Å². The van der Waals surface area contributed by atoms with Crippen LogP contribution >= 0.6 is 0 Å². The third kappa shape index (κ3) is 2.34. The molecule has 1 aromatic rings. The van der Waals surface area contributed by atoms with Gasteiger partial charge in [0.05, 0.1) is 12.5 Å². The van der Waals surface area contributed by atoms with Gasteiger partial charge < -0.3 is 9.47 Å². The van der Waals surface area contributed by atoms with Crippen LogP contribution in [0, 0.1) is 11.3 Å². The molecule has 3 nitrogen and oxygen atoms in total. The zero-order chi connectivity index (χ0) is 11.4. The number of hydrogen-bond donors (Lipinski definition) is 0. The zero-order valence-corrected chi connectivity index (χ0v) is 9.19. The first-order valence-corrected chi connectivity index (χ1v) is 5.20. The van der Waals surface area contributed by atoms with Gasteiger partial charge in [0.1, 0.15) is 0 Å². The average molecular weight is 215 g/mol. The molecule has 2 rings (SSSR count). The molecule has 3 heteroatoms. The molecular formula is C13H13NO2. The van der Waals surface area contributed by atoms with Gasteiger partial charge in [-0.15, -0.1) is 0 Å². The molecule has 0 aromatic heterocycles. The first-order chi connectivity index (χ1) is 7.79. The fraction of sp³-hybridized carbons (Fsp3) is 0.308. The maximum absolute atomic E-state index is 8.48. The van der Waals surface area contributed by atoms with Gasteiger partial charge in [-0.3, -0.25) is 0 Å². The summed E-state index contributed by atoms with van der Waals surface area (Å²) in [5, 5.41) is 8.48. The summed E-state index contributed by atoms with van der Waals surface area (Å²) >= 11 is 0. The highest BCUT2D eigenvalue weighted by molar-refractivity contribution is 5.45. The van der Waals surface area contributed by atoms with Crippen molar-refractivity contribution < 1.29 is 9.47 Å². The van der Waals surface area contributed by atoms with Gasteiger partial charge in [0.15, 0.2) is 11.5 Å². The van der Waals surface area contributed by atoms with Gasteiger partial charge in [-0.05, 0) is 31.0 Å². The van der Waals surface area contributed by atoms with Crippen molar-refractivity contribution in [2.45, 2.75) is 19.8 Å². The fourth-order valence-electron chi connectivity index (χ4n) is 1.66. The van der Waals surface area contributed by atoms with E-state index in [9.17, 15) is 0 Å². The molecule has 1 aromatic carbocycles. The highest BCUT2D eigenvalue weighted by atomic mass is 16.7. The van der Waals surface area contributed by atoms with Gasteiger partial charge in [-0.1, -0.05) is 17.7 Å². The highest BCUT2D eigenvalue weighted by Crippen LogP contribution is 2.32. The standard InChI is InChI=1S/C13H13NO2/c1-10(3-2-6-14)7-11-4-5-12-13(8-11)16-9-15-12/h3-5,8H,2,7,9H2,1H3. The molecule has 0 atom stereocenters. The average Bonchev–Trinajstić information content (AvgIpc) is 2.73. The maximum atomic E-state index is 8.48. The number of benzene rings is 1. The minimum atomic E-state index is 0.308. The van der Waals surface area contributed by atoms with Gasteiger partial charge in [-0.2, -0.15) is 5.26 Å². The lowest BCUT2D eigenvalue weighted by atomic mass is 10.1. The van der Waals surface area contributed by atoms with Crippen LogP contribution < -0.4 is 9.47 Å². The Morgan fingerprint density at radius 2 is 2.25 bits per heavy atom. The summed E-state index contributed by atoms with van der Waals surface area (Å²) < 4.78 is 10.6. The van der Waals surface area contributed by atoms with E-state index in [1.54, 1.807) is 0 Å². The minimum Gasteiger partial charge on any atom is -0.454 e. The van der Waals surface area contributed by atoms with Crippen LogP contribution in [0.3, 0.4) is 0 Å². The Labute approximate surface area is 94.9 Å². The largest absolute Gasteiger partial charge is 0.454 e. The number of nitrogens with zero attached hydrogens (tertiary/aromatic N) is 1. The van der Waals surface area contributed by atoms with Crippen molar-refractivity contribution in [2.24, 2.45) is 0 Å². The Balaban J connectivity index is 2.08. The molecule has 1 aliphatic heterocycles. The predicted octanol–water partition coefficient (Wildman–Crippen LogP) is 2.82. The fourth-order valence-corrected chi connectivity index (χ4v) is 1.66. The van der Waals surface area contributed by atoms with Crippen molar-refractivity contribution in [3.63, 3.8) is 0 Å². The van der Waals surface area contributed by atoms with E-state index in [2.05, 4.69) is 6.07 Å². The van der Waals surface area contributed by atoms with E-state index in [0.717, 1.165) is 17.9 Å². The van der Waals surface area contributed by atoms with E-state index in [1.165, 1.54) is 11.1 Å². The van der Waals surface area contributed by atoms with E-state index in [-0.39, 0.29) is 0 Å². The highest BCUT2D eigenvalue weighted by Gasteiger charge is 2.12. The van der Waals surface area contributed by atoms with Gasteiger partial charge in [0.25, 0.3) is 0 Å². The number of hydrogen-bond acceptors (Lipinski definition) is 3. The molecule has 0 fully saturated rings.